The summed E-state index contributed by atoms with van der Waals surface area (Å²) in [5.41, 5.74) is 0.714. The quantitative estimate of drug-likeness (QED) is 0.789. The van der Waals surface area contributed by atoms with Gasteiger partial charge in [0, 0.05) is 9.86 Å². The Labute approximate surface area is 116 Å². The van der Waals surface area contributed by atoms with Crippen molar-refractivity contribution in [2.75, 3.05) is 0 Å². The molecular formula is C13H8BrN3O2. The monoisotopic (exact) mass is 317 g/mol. The minimum Gasteiger partial charge on any atom is -0.476 e. The van der Waals surface area contributed by atoms with Gasteiger partial charge in [-0.3, -0.25) is 0 Å². The Hall–Kier alpha value is -2.21. The molecule has 0 amide bonds. The molecule has 0 radical (unpaired) electrons. The Morgan fingerprint density at radius 3 is 2.58 bits per heavy atom. The Bertz CT molecular complexity index is 782. The van der Waals surface area contributed by atoms with Crippen LogP contribution in [-0.2, 0) is 0 Å². The van der Waals surface area contributed by atoms with Gasteiger partial charge in [0.25, 0.3) is 0 Å². The van der Waals surface area contributed by atoms with Gasteiger partial charge in [-0.25, -0.2) is 9.48 Å². The number of carbonyl (C=O) groups is 1. The van der Waals surface area contributed by atoms with Crippen LogP contribution in [-0.4, -0.2) is 26.1 Å². The van der Waals surface area contributed by atoms with Gasteiger partial charge in [-0.1, -0.05) is 45.4 Å². The number of aromatic nitrogens is 3. The summed E-state index contributed by atoms with van der Waals surface area (Å²) in [6, 6.07) is 11.6. The summed E-state index contributed by atoms with van der Waals surface area (Å²) in [5.74, 6) is -1.09. The molecule has 0 fully saturated rings. The molecule has 0 aliphatic rings. The highest BCUT2D eigenvalue weighted by Crippen LogP contribution is 2.28. The average molecular weight is 318 g/mol. The third-order valence-corrected chi connectivity index (χ3v) is 3.50. The molecule has 2 aromatic carbocycles. The van der Waals surface area contributed by atoms with Crippen LogP contribution in [0.4, 0.5) is 0 Å². The smallest absolute Gasteiger partial charge is 0.358 e. The number of halogens is 1. The molecule has 1 N–H and O–H groups in total. The summed E-state index contributed by atoms with van der Waals surface area (Å²) in [6.07, 6.45) is 1.40. The van der Waals surface area contributed by atoms with Crippen LogP contribution in [0.25, 0.3) is 16.5 Å². The highest BCUT2D eigenvalue weighted by molar-refractivity contribution is 9.10. The first kappa shape index (κ1) is 11.9. The normalized spacial score (nSPS) is 10.8. The van der Waals surface area contributed by atoms with Crippen molar-refractivity contribution in [2.24, 2.45) is 0 Å². The van der Waals surface area contributed by atoms with Crippen molar-refractivity contribution in [3.05, 3.63) is 52.8 Å². The molecule has 0 spiro atoms. The zero-order chi connectivity index (χ0) is 13.4. The predicted molar refractivity (Wildman–Crippen MR) is 73.5 cm³/mol. The van der Waals surface area contributed by atoms with Crippen LogP contribution in [0.15, 0.2) is 47.1 Å². The lowest BCUT2D eigenvalue weighted by Crippen LogP contribution is -1.97. The summed E-state index contributed by atoms with van der Waals surface area (Å²) in [5, 5.41) is 18.4. The second-order valence-electron chi connectivity index (χ2n) is 3.97. The molecule has 0 atom stereocenters. The molecule has 1 aromatic heterocycles. The Balaban J connectivity index is 2.24. The van der Waals surface area contributed by atoms with E-state index in [1.54, 1.807) is 0 Å². The number of benzene rings is 2. The van der Waals surface area contributed by atoms with Gasteiger partial charge >= 0.3 is 5.97 Å². The zero-order valence-electron chi connectivity index (χ0n) is 9.62. The molecule has 94 valence electrons. The summed E-state index contributed by atoms with van der Waals surface area (Å²) in [4.78, 5) is 10.8. The molecule has 0 saturated carbocycles. The SMILES string of the molecule is O=C(O)c1cn(-c2ccc(Br)c3ccccc23)nn1. The number of hydrogen-bond donors (Lipinski definition) is 1. The summed E-state index contributed by atoms with van der Waals surface area (Å²) >= 11 is 3.49. The zero-order valence-corrected chi connectivity index (χ0v) is 11.2. The maximum absolute atomic E-state index is 10.8. The fourth-order valence-corrected chi connectivity index (χ4v) is 2.40. The van der Waals surface area contributed by atoms with Crippen LogP contribution in [0.1, 0.15) is 10.5 Å². The van der Waals surface area contributed by atoms with E-state index in [1.165, 1.54) is 10.9 Å². The number of carboxylic acid groups (broad SMARTS) is 1. The van der Waals surface area contributed by atoms with Crippen LogP contribution >= 0.6 is 15.9 Å². The highest BCUT2D eigenvalue weighted by atomic mass is 79.9. The van der Waals surface area contributed by atoms with Crippen LogP contribution in [0.5, 0.6) is 0 Å². The molecule has 3 rings (SSSR count). The first-order valence-corrected chi connectivity index (χ1v) is 6.29. The number of carboxylic acids is 1. The van der Waals surface area contributed by atoms with Crippen molar-refractivity contribution in [1.82, 2.24) is 15.0 Å². The third kappa shape index (κ3) is 2.00. The topological polar surface area (TPSA) is 68.0 Å². The lowest BCUT2D eigenvalue weighted by molar-refractivity contribution is 0.0690. The summed E-state index contributed by atoms with van der Waals surface area (Å²) < 4.78 is 2.45. The van der Waals surface area contributed by atoms with Gasteiger partial charge < -0.3 is 5.11 Å². The minimum absolute atomic E-state index is 0.0769. The summed E-state index contributed by atoms with van der Waals surface area (Å²) in [6.45, 7) is 0. The molecule has 3 aromatic rings. The lowest BCUT2D eigenvalue weighted by atomic mass is 10.1. The van der Waals surface area contributed by atoms with E-state index in [9.17, 15) is 4.79 Å². The van der Waals surface area contributed by atoms with Gasteiger partial charge in [-0.15, -0.1) is 5.10 Å². The van der Waals surface area contributed by atoms with E-state index < -0.39 is 5.97 Å². The van der Waals surface area contributed by atoms with Gasteiger partial charge in [0.2, 0.25) is 0 Å². The molecular weight excluding hydrogens is 310 g/mol. The highest BCUT2D eigenvalue weighted by Gasteiger charge is 2.11. The van der Waals surface area contributed by atoms with E-state index in [0.717, 1.165) is 20.9 Å². The van der Waals surface area contributed by atoms with E-state index in [1.807, 2.05) is 36.4 Å². The number of aromatic carboxylic acids is 1. The summed E-state index contributed by atoms with van der Waals surface area (Å²) in [7, 11) is 0. The first-order chi connectivity index (χ1) is 9.16. The molecule has 0 aliphatic heterocycles. The number of hydrogen-bond acceptors (Lipinski definition) is 3. The maximum Gasteiger partial charge on any atom is 0.358 e. The second kappa shape index (κ2) is 4.47. The van der Waals surface area contributed by atoms with E-state index in [4.69, 9.17) is 5.11 Å². The maximum atomic E-state index is 10.8. The van der Waals surface area contributed by atoms with E-state index in [-0.39, 0.29) is 5.69 Å². The molecule has 0 aliphatic carbocycles. The first-order valence-electron chi connectivity index (χ1n) is 5.50. The van der Waals surface area contributed by atoms with Gasteiger partial charge in [0.15, 0.2) is 5.69 Å². The van der Waals surface area contributed by atoms with Crippen LogP contribution in [0, 0.1) is 0 Å². The third-order valence-electron chi connectivity index (χ3n) is 2.81. The van der Waals surface area contributed by atoms with Crippen molar-refractivity contribution in [3.8, 4) is 5.69 Å². The van der Waals surface area contributed by atoms with E-state index >= 15 is 0 Å². The van der Waals surface area contributed by atoms with Crippen molar-refractivity contribution < 1.29 is 9.90 Å². The largest absolute Gasteiger partial charge is 0.476 e. The molecule has 0 bridgehead atoms. The molecule has 6 heteroatoms. The standard InChI is InChI=1S/C13H8BrN3O2/c14-10-5-6-12(9-4-2-1-3-8(9)10)17-7-11(13(18)19)15-16-17/h1-7H,(H,18,19). The Kier molecular flexibility index (Phi) is 2.79. The molecule has 0 saturated heterocycles. The molecule has 19 heavy (non-hydrogen) atoms. The average Bonchev–Trinajstić information content (AvgIpc) is 2.89. The van der Waals surface area contributed by atoms with Crippen molar-refractivity contribution in [1.29, 1.82) is 0 Å². The predicted octanol–water partition coefficient (Wildman–Crippen LogP) is 2.88. The fraction of sp³-hybridized carbons (Fsp3) is 0. The fourth-order valence-electron chi connectivity index (χ4n) is 1.93. The van der Waals surface area contributed by atoms with E-state index in [0.29, 0.717) is 0 Å². The molecule has 1 heterocycles. The van der Waals surface area contributed by atoms with Gasteiger partial charge in [0.1, 0.15) is 0 Å². The molecule has 0 unspecified atom stereocenters. The number of fused-ring (bicyclic) bond motifs is 1. The van der Waals surface area contributed by atoms with Crippen LogP contribution < -0.4 is 0 Å². The van der Waals surface area contributed by atoms with Gasteiger partial charge in [-0.2, -0.15) is 0 Å². The van der Waals surface area contributed by atoms with Crippen molar-refractivity contribution in [2.45, 2.75) is 0 Å². The Morgan fingerprint density at radius 1 is 1.16 bits per heavy atom. The number of nitrogens with zero attached hydrogens (tertiary/aromatic N) is 3. The second-order valence-corrected chi connectivity index (χ2v) is 4.82. The Morgan fingerprint density at radius 2 is 1.89 bits per heavy atom. The van der Waals surface area contributed by atoms with Crippen molar-refractivity contribution >= 4 is 32.7 Å². The van der Waals surface area contributed by atoms with Gasteiger partial charge in [-0.05, 0) is 17.5 Å². The van der Waals surface area contributed by atoms with Crippen LogP contribution in [0.3, 0.4) is 0 Å². The van der Waals surface area contributed by atoms with Gasteiger partial charge in [0.05, 0.1) is 11.9 Å². The minimum atomic E-state index is -1.09. The van der Waals surface area contributed by atoms with E-state index in [2.05, 4.69) is 26.2 Å². The molecule has 5 nitrogen and oxygen atoms in total. The number of rotatable bonds is 2. The van der Waals surface area contributed by atoms with Crippen LogP contribution in [0.2, 0.25) is 0 Å². The van der Waals surface area contributed by atoms with Crippen molar-refractivity contribution in [3.63, 3.8) is 0 Å². The lowest BCUT2D eigenvalue weighted by Gasteiger charge is -2.07.